The van der Waals surface area contributed by atoms with Crippen molar-refractivity contribution in [2.24, 2.45) is 0 Å². The minimum absolute atomic E-state index is 0.0758. The number of nitrogens with zero attached hydrogens (tertiary/aromatic N) is 2. The minimum Gasteiger partial charge on any atom is -0.381 e. The van der Waals surface area contributed by atoms with E-state index in [2.05, 4.69) is 0 Å². The third kappa shape index (κ3) is 2.59. The molecule has 0 saturated carbocycles. The fraction of sp³-hybridized carbons (Fsp3) is 0.889. The summed E-state index contributed by atoms with van der Waals surface area (Å²) in [6, 6.07) is 0.426. The maximum atomic E-state index is 11.6. The highest BCUT2D eigenvalue weighted by Gasteiger charge is 2.22. The van der Waals surface area contributed by atoms with Crippen molar-refractivity contribution in [2.75, 3.05) is 34.4 Å². The Kier molecular flexibility index (Phi) is 3.54. The number of carbonyl (C=O) groups excluding carboxylic acids is 1. The Morgan fingerprint density at radius 3 is 2.23 bits per heavy atom. The molecule has 0 aromatic rings. The van der Waals surface area contributed by atoms with Gasteiger partial charge in [-0.15, -0.1) is 0 Å². The Balaban J connectivity index is 2.45. The molecule has 1 rings (SSSR count). The molecule has 1 aliphatic heterocycles. The Morgan fingerprint density at radius 2 is 1.77 bits per heavy atom. The molecule has 0 spiro atoms. The van der Waals surface area contributed by atoms with Crippen molar-refractivity contribution in [3.05, 3.63) is 0 Å². The van der Waals surface area contributed by atoms with Crippen LogP contribution in [-0.4, -0.2) is 56.2 Å². The summed E-state index contributed by atoms with van der Waals surface area (Å²) >= 11 is 0. The van der Waals surface area contributed by atoms with E-state index in [1.54, 1.807) is 19.0 Å². The number of carbonyl (C=O) groups is 1. The number of hydrogen-bond acceptors (Lipinski definition) is 2. The Labute approximate surface area is 79.4 Å². The molecule has 0 atom stereocenters. The van der Waals surface area contributed by atoms with Gasteiger partial charge in [-0.05, 0) is 12.8 Å². The van der Waals surface area contributed by atoms with E-state index in [0.29, 0.717) is 6.04 Å². The molecule has 0 N–H and O–H groups in total. The lowest BCUT2D eigenvalue weighted by atomic mass is 10.1. The molecule has 0 aromatic heterocycles. The Hall–Kier alpha value is -0.770. The maximum Gasteiger partial charge on any atom is 0.319 e. The SMILES string of the molecule is CN(C)C(=O)N(C)C1CCOCC1. The van der Waals surface area contributed by atoms with Gasteiger partial charge in [-0.3, -0.25) is 0 Å². The fourth-order valence-electron chi connectivity index (χ4n) is 1.54. The molecule has 0 unspecified atom stereocenters. The zero-order chi connectivity index (χ0) is 9.84. The normalized spacial score (nSPS) is 18.4. The standard InChI is InChI=1S/C9H18N2O2/c1-10(2)9(12)11(3)8-4-6-13-7-5-8/h8H,4-7H2,1-3H3. The minimum atomic E-state index is 0.0758. The van der Waals surface area contributed by atoms with E-state index in [9.17, 15) is 4.79 Å². The van der Waals surface area contributed by atoms with Crippen LogP contribution in [0.4, 0.5) is 4.79 Å². The highest BCUT2D eigenvalue weighted by atomic mass is 16.5. The molecular formula is C9H18N2O2. The third-order valence-corrected chi connectivity index (χ3v) is 2.42. The van der Waals surface area contributed by atoms with Crippen LogP contribution in [0.2, 0.25) is 0 Å². The molecule has 1 fully saturated rings. The second kappa shape index (κ2) is 4.46. The van der Waals surface area contributed by atoms with Crippen molar-refractivity contribution in [1.29, 1.82) is 0 Å². The molecule has 4 nitrogen and oxygen atoms in total. The lowest BCUT2D eigenvalue weighted by Gasteiger charge is -2.32. The van der Waals surface area contributed by atoms with Crippen LogP contribution >= 0.6 is 0 Å². The van der Waals surface area contributed by atoms with Crippen molar-refractivity contribution in [3.8, 4) is 0 Å². The molecule has 2 amide bonds. The van der Waals surface area contributed by atoms with E-state index in [1.807, 2.05) is 11.9 Å². The first-order chi connectivity index (χ1) is 6.13. The molecule has 0 bridgehead atoms. The second-order valence-corrected chi connectivity index (χ2v) is 3.63. The molecule has 1 heterocycles. The topological polar surface area (TPSA) is 32.8 Å². The molecule has 1 aliphatic rings. The van der Waals surface area contributed by atoms with Gasteiger partial charge in [0.25, 0.3) is 0 Å². The summed E-state index contributed by atoms with van der Waals surface area (Å²) in [5, 5.41) is 0. The molecule has 0 radical (unpaired) electrons. The van der Waals surface area contributed by atoms with E-state index in [-0.39, 0.29) is 6.03 Å². The molecular weight excluding hydrogens is 168 g/mol. The first-order valence-electron chi connectivity index (χ1n) is 4.65. The van der Waals surface area contributed by atoms with Crippen molar-refractivity contribution >= 4 is 6.03 Å². The molecule has 0 aromatic carbocycles. The summed E-state index contributed by atoms with van der Waals surface area (Å²) in [5.41, 5.74) is 0. The van der Waals surface area contributed by atoms with Gasteiger partial charge in [-0.25, -0.2) is 4.79 Å². The third-order valence-electron chi connectivity index (χ3n) is 2.42. The van der Waals surface area contributed by atoms with Crippen molar-refractivity contribution < 1.29 is 9.53 Å². The molecule has 0 aliphatic carbocycles. The van der Waals surface area contributed by atoms with E-state index >= 15 is 0 Å². The van der Waals surface area contributed by atoms with Crippen molar-refractivity contribution in [2.45, 2.75) is 18.9 Å². The van der Waals surface area contributed by atoms with Gasteiger partial charge in [0, 0.05) is 40.4 Å². The quantitative estimate of drug-likeness (QED) is 0.606. The van der Waals surface area contributed by atoms with Gasteiger partial charge >= 0.3 is 6.03 Å². The summed E-state index contributed by atoms with van der Waals surface area (Å²) < 4.78 is 5.24. The molecule has 1 saturated heterocycles. The van der Waals surface area contributed by atoms with Crippen LogP contribution in [0.3, 0.4) is 0 Å². The van der Waals surface area contributed by atoms with Gasteiger partial charge in [0.1, 0.15) is 0 Å². The van der Waals surface area contributed by atoms with Crippen LogP contribution in [-0.2, 0) is 4.74 Å². The van der Waals surface area contributed by atoms with Crippen molar-refractivity contribution in [1.82, 2.24) is 9.80 Å². The predicted octanol–water partition coefficient (Wildman–Crippen LogP) is 0.779. The van der Waals surface area contributed by atoms with E-state index in [4.69, 9.17) is 4.74 Å². The van der Waals surface area contributed by atoms with Crippen molar-refractivity contribution in [3.63, 3.8) is 0 Å². The predicted molar refractivity (Wildman–Crippen MR) is 50.7 cm³/mol. The highest BCUT2D eigenvalue weighted by Crippen LogP contribution is 2.13. The molecule has 4 heteroatoms. The van der Waals surface area contributed by atoms with Gasteiger partial charge in [-0.2, -0.15) is 0 Å². The second-order valence-electron chi connectivity index (χ2n) is 3.63. The molecule has 76 valence electrons. The van der Waals surface area contributed by atoms with E-state index in [1.165, 1.54) is 0 Å². The zero-order valence-corrected chi connectivity index (χ0v) is 8.62. The molecule has 13 heavy (non-hydrogen) atoms. The van der Waals surface area contributed by atoms with Gasteiger partial charge in [0.15, 0.2) is 0 Å². The first-order valence-corrected chi connectivity index (χ1v) is 4.65. The first kappa shape index (κ1) is 10.3. The highest BCUT2D eigenvalue weighted by molar-refractivity contribution is 5.73. The average Bonchev–Trinajstić information content (AvgIpc) is 2.17. The summed E-state index contributed by atoms with van der Waals surface area (Å²) in [4.78, 5) is 15.0. The summed E-state index contributed by atoms with van der Waals surface area (Å²) in [5.74, 6) is 0. The number of amides is 2. The smallest absolute Gasteiger partial charge is 0.319 e. The summed E-state index contributed by atoms with van der Waals surface area (Å²) in [6.07, 6.45) is 1.91. The largest absolute Gasteiger partial charge is 0.381 e. The number of urea groups is 1. The van der Waals surface area contributed by atoms with Crippen LogP contribution < -0.4 is 0 Å². The maximum absolute atomic E-state index is 11.6. The van der Waals surface area contributed by atoms with Crippen LogP contribution in [0.25, 0.3) is 0 Å². The number of hydrogen-bond donors (Lipinski definition) is 0. The van der Waals surface area contributed by atoms with Crippen LogP contribution in [0.1, 0.15) is 12.8 Å². The van der Waals surface area contributed by atoms with Crippen LogP contribution in [0.15, 0.2) is 0 Å². The fourth-order valence-corrected chi connectivity index (χ4v) is 1.54. The van der Waals surface area contributed by atoms with Gasteiger partial charge < -0.3 is 14.5 Å². The summed E-state index contributed by atoms with van der Waals surface area (Å²) in [6.45, 7) is 1.55. The van der Waals surface area contributed by atoms with E-state index < -0.39 is 0 Å². The Bertz CT molecular complexity index is 176. The van der Waals surface area contributed by atoms with Gasteiger partial charge in [0.2, 0.25) is 0 Å². The van der Waals surface area contributed by atoms with Crippen LogP contribution in [0, 0.1) is 0 Å². The van der Waals surface area contributed by atoms with Gasteiger partial charge in [0.05, 0.1) is 0 Å². The lowest BCUT2D eigenvalue weighted by Crippen LogP contribution is -2.45. The van der Waals surface area contributed by atoms with Gasteiger partial charge in [-0.1, -0.05) is 0 Å². The lowest BCUT2D eigenvalue weighted by molar-refractivity contribution is 0.0488. The average molecular weight is 186 g/mol. The summed E-state index contributed by atoms with van der Waals surface area (Å²) in [7, 11) is 5.41. The van der Waals surface area contributed by atoms with Crippen LogP contribution in [0.5, 0.6) is 0 Å². The number of rotatable bonds is 1. The van der Waals surface area contributed by atoms with E-state index in [0.717, 1.165) is 26.1 Å². The zero-order valence-electron chi connectivity index (χ0n) is 8.62. The monoisotopic (exact) mass is 186 g/mol. The Morgan fingerprint density at radius 1 is 1.23 bits per heavy atom. The number of ether oxygens (including phenoxy) is 1.